The number of ether oxygens (including phenoxy) is 2. The Balaban J connectivity index is 2.64. The SMILES string of the molecule is COc1cc(C(=O)NCCC(C)N)ccc1OCCC(C)C. The standard InChI is InChI=1S/C17H28N2O3/c1-12(2)8-10-22-15-6-5-14(11-16(15)21-4)17(20)19-9-7-13(3)18/h5-6,11-13H,7-10,18H2,1-4H3,(H,19,20). The molecular formula is C17H28N2O3. The van der Waals surface area contributed by atoms with E-state index in [1.54, 1.807) is 25.3 Å². The first kappa shape index (κ1) is 18.3. The van der Waals surface area contributed by atoms with Crippen molar-refractivity contribution in [3.05, 3.63) is 23.8 Å². The average molecular weight is 308 g/mol. The number of rotatable bonds is 9. The van der Waals surface area contributed by atoms with Gasteiger partial charge in [-0.1, -0.05) is 13.8 Å². The second-order valence-corrected chi connectivity index (χ2v) is 5.92. The molecule has 1 rings (SSSR count). The summed E-state index contributed by atoms with van der Waals surface area (Å²) >= 11 is 0. The van der Waals surface area contributed by atoms with Crippen molar-refractivity contribution in [3.8, 4) is 11.5 Å². The van der Waals surface area contributed by atoms with E-state index in [0.717, 1.165) is 12.8 Å². The van der Waals surface area contributed by atoms with Crippen LogP contribution >= 0.6 is 0 Å². The van der Waals surface area contributed by atoms with Gasteiger partial charge in [0.2, 0.25) is 0 Å². The van der Waals surface area contributed by atoms with E-state index in [0.29, 0.717) is 36.1 Å². The Labute approximate surface area is 133 Å². The molecule has 5 nitrogen and oxygen atoms in total. The van der Waals surface area contributed by atoms with Gasteiger partial charge in [-0.05, 0) is 43.9 Å². The summed E-state index contributed by atoms with van der Waals surface area (Å²) in [4.78, 5) is 12.1. The molecule has 1 atom stereocenters. The van der Waals surface area contributed by atoms with Crippen LogP contribution in [0.3, 0.4) is 0 Å². The molecule has 0 aromatic heterocycles. The predicted octanol–water partition coefficient (Wildman–Crippen LogP) is 2.59. The van der Waals surface area contributed by atoms with E-state index in [9.17, 15) is 4.79 Å². The molecule has 0 radical (unpaired) electrons. The first-order valence-corrected chi connectivity index (χ1v) is 7.78. The third kappa shape index (κ3) is 6.35. The van der Waals surface area contributed by atoms with Crippen LogP contribution in [0.25, 0.3) is 0 Å². The third-order valence-electron chi connectivity index (χ3n) is 3.26. The van der Waals surface area contributed by atoms with Gasteiger partial charge in [0.15, 0.2) is 11.5 Å². The van der Waals surface area contributed by atoms with Gasteiger partial charge in [0.05, 0.1) is 13.7 Å². The molecular weight excluding hydrogens is 280 g/mol. The van der Waals surface area contributed by atoms with Gasteiger partial charge < -0.3 is 20.5 Å². The number of amides is 1. The minimum atomic E-state index is -0.132. The summed E-state index contributed by atoms with van der Waals surface area (Å²) in [5, 5.41) is 2.84. The van der Waals surface area contributed by atoms with Crippen LogP contribution in [-0.4, -0.2) is 32.2 Å². The number of methoxy groups -OCH3 is 1. The van der Waals surface area contributed by atoms with Crippen molar-refractivity contribution in [2.24, 2.45) is 11.7 Å². The Morgan fingerprint density at radius 1 is 1.23 bits per heavy atom. The van der Waals surface area contributed by atoms with E-state index in [1.165, 1.54) is 0 Å². The van der Waals surface area contributed by atoms with E-state index in [1.807, 2.05) is 6.92 Å². The monoisotopic (exact) mass is 308 g/mol. The smallest absolute Gasteiger partial charge is 0.251 e. The maximum Gasteiger partial charge on any atom is 0.251 e. The van der Waals surface area contributed by atoms with Gasteiger partial charge in [0.1, 0.15) is 0 Å². The van der Waals surface area contributed by atoms with Crippen molar-refractivity contribution in [1.82, 2.24) is 5.32 Å². The first-order chi connectivity index (χ1) is 10.4. The molecule has 1 aromatic carbocycles. The highest BCUT2D eigenvalue weighted by molar-refractivity contribution is 5.94. The van der Waals surface area contributed by atoms with E-state index < -0.39 is 0 Å². The molecule has 0 aliphatic heterocycles. The summed E-state index contributed by atoms with van der Waals surface area (Å²) in [6.45, 7) is 7.41. The van der Waals surface area contributed by atoms with Crippen molar-refractivity contribution >= 4 is 5.91 Å². The molecule has 1 unspecified atom stereocenters. The van der Waals surface area contributed by atoms with Gasteiger partial charge in [-0.15, -0.1) is 0 Å². The summed E-state index contributed by atoms with van der Waals surface area (Å²) in [5.41, 5.74) is 6.22. The van der Waals surface area contributed by atoms with Crippen molar-refractivity contribution in [2.45, 2.75) is 39.7 Å². The topological polar surface area (TPSA) is 73.6 Å². The van der Waals surface area contributed by atoms with E-state index in [4.69, 9.17) is 15.2 Å². The lowest BCUT2D eigenvalue weighted by Crippen LogP contribution is -2.28. The van der Waals surface area contributed by atoms with Crippen molar-refractivity contribution in [3.63, 3.8) is 0 Å². The van der Waals surface area contributed by atoms with Crippen LogP contribution in [0.2, 0.25) is 0 Å². The number of nitrogens with two attached hydrogens (primary N) is 1. The lowest BCUT2D eigenvalue weighted by Gasteiger charge is -2.13. The minimum Gasteiger partial charge on any atom is -0.493 e. The summed E-state index contributed by atoms with van der Waals surface area (Å²) in [6, 6.07) is 5.30. The van der Waals surface area contributed by atoms with Gasteiger partial charge >= 0.3 is 0 Å². The van der Waals surface area contributed by atoms with Crippen LogP contribution in [0.5, 0.6) is 11.5 Å². The van der Waals surface area contributed by atoms with Crippen LogP contribution in [0.1, 0.15) is 44.0 Å². The maximum absolute atomic E-state index is 12.1. The molecule has 0 aliphatic rings. The van der Waals surface area contributed by atoms with Crippen molar-refractivity contribution in [2.75, 3.05) is 20.3 Å². The lowest BCUT2D eigenvalue weighted by atomic mass is 10.1. The zero-order valence-electron chi connectivity index (χ0n) is 14.0. The molecule has 0 fully saturated rings. The highest BCUT2D eigenvalue weighted by atomic mass is 16.5. The molecule has 22 heavy (non-hydrogen) atoms. The average Bonchev–Trinajstić information content (AvgIpc) is 2.46. The molecule has 0 heterocycles. The molecule has 0 saturated heterocycles. The van der Waals surface area contributed by atoms with Gasteiger partial charge in [0, 0.05) is 18.2 Å². The number of carbonyl (C=O) groups is 1. The zero-order valence-corrected chi connectivity index (χ0v) is 14.0. The molecule has 5 heteroatoms. The number of carbonyl (C=O) groups excluding carboxylic acids is 1. The molecule has 0 spiro atoms. The number of benzene rings is 1. The summed E-state index contributed by atoms with van der Waals surface area (Å²) in [7, 11) is 1.57. The number of nitrogens with one attached hydrogen (secondary N) is 1. The molecule has 3 N–H and O–H groups in total. The molecule has 1 aromatic rings. The van der Waals surface area contributed by atoms with Gasteiger partial charge in [-0.2, -0.15) is 0 Å². The van der Waals surface area contributed by atoms with Crippen LogP contribution in [-0.2, 0) is 0 Å². The maximum atomic E-state index is 12.1. The molecule has 1 amide bonds. The Bertz CT molecular complexity index is 473. The predicted molar refractivity (Wildman–Crippen MR) is 88.5 cm³/mol. The van der Waals surface area contributed by atoms with Crippen LogP contribution in [0.4, 0.5) is 0 Å². The third-order valence-corrected chi connectivity index (χ3v) is 3.26. The largest absolute Gasteiger partial charge is 0.493 e. The second kappa shape index (κ2) is 9.30. The van der Waals surface area contributed by atoms with Crippen molar-refractivity contribution < 1.29 is 14.3 Å². The zero-order chi connectivity index (χ0) is 16.5. The summed E-state index contributed by atoms with van der Waals surface area (Å²) in [5.74, 6) is 1.69. The fourth-order valence-corrected chi connectivity index (χ4v) is 1.85. The first-order valence-electron chi connectivity index (χ1n) is 7.78. The van der Waals surface area contributed by atoms with E-state index in [2.05, 4.69) is 19.2 Å². The van der Waals surface area contributed by atoms with E-state index >= 15 is 0 Å². The Kier molecular flexibility index (Phi) is 7.74. The minimum absolute atomic E-state index is 0.0755. The highest BCUT2D eigenvalue weighted by Gasteiger charge is 2.11. The van der Waals surface area contributed by atoms with Crippen LogP contribution in [0.15, 0.2) is 18.2 Å². The Morgan fingerprint density at radius 2 is 1.95 bits per heavy atom. The molecule has 0 aliphatic carbocycles. The van der Waals surface area contributed by atoms with Crippen molar-refractivity contribution in [1.29, 1.82) is 0 Å². The number of hydrogen-bond donors (Lipinski definition) is 2. The molecule has 124 valence electrons. The quantitative estimate of drug-likeness (QED) is 0.735. The van der Waals surface area contributed by atoms with Gasteiger partial charge in [-0.25, -0.2) is 0 Å². The highest BCUT2D eigenvalue weighted by Crippen LogP contribution is 2.28. The van der Waals surface area contributed by atoms with Crippen LogP contribution < -0.4 is 20.5 Å². The van der Waals surface area contributed by atoms with Gasteiger partial charge in [-0.3, -0.25) is 4.79 Å². The Hall–Kier alpha value is -1.75. The fourth-order valence-electron chi connectivity index (χ4n) is 1.85. The normalized spacial score (nSPS) is 12.1. The number of hydrogen-bond acceptors (Lipinski definition) is 4. The lowest BCUT2D eigenvalue weighted by molar-refractivity contribution is 0.0952. The fraction of sp³-hybridized carbons (Fsp3) is 0.588. The summed E-state index contributed by atoms with van der Waals surface area (Å²) in [6.07, 6.45) is 1.72. The molecule has 0 bridgehead atoms. The van der Waals surface area contributed by atoms with Gasteiger partial charge in [0.25, 0.3) is 5.91 Å². The van der Waals surface area contributed by atoms with E-state index in [-0.39, 0.29) is 11.9 Å². The Morgan fingerprint density at radius 3 is 2.55 bits per heavy atom. The van der Waals surface area contributed by atoms with Crippen LogP contribution in [0, 0.1) is 5.92 Å². The molecule has 0 saturated carbocycles. The summed E-state index contributed by atoms with van der Waals surface area (Å²) < 4.78 is 11.0. The second-order valence-electron chi connectivity index (χ2n) is 5.92.